The predicted molar refractivity (Wildman–Crippen MR) is 99.9 cm³/mol. The van der Waals surface area contributed by atoms with Crippen LogP contribution < -0.4 is 5.32 Å². The Morgan fingerprint density at radius 3 is 2.59 bits per heavy atom. The number of hydrogen-bond donors (Lipinski definition) is 2. The van der Waals surface area contributed by atoms with Crippen LogP contribution in [-0.4, -0.2) is 24.5 Å². The Labute approximate surface area is 140 Å². The molecule has 1 heterocycles. The highest BCUT2D eigenvalue weighted by Gasteiger charge is 2.23. The van der Waals surface area contributed by atoms with E-state index in [9.17, 15) is 0 Å². The lowest BCUT2D eigenvalue weighted by atomic mass is 10.1. The molecule has 120 valence electrons. The average Bonchev–Trinajstić information content (AvgIpc) is 2.97. The van der Waals surface area contributed by atoms with E-state index in [1.807, 2.05) is 0 Å². The van der Waals surface area contributed by atoms with E-state index in [1.54, 1.807) is 0 Å². The molecule has 2 nitrogen and oxygen atoms in total. The molecule has 1 aromatic rings. The van der Waals surface area contributed by atoms with Crippen molar-refractivity contribution in [3.05, 3.63) is 53.2 Å². The lowest BCUT2D eigenvalue weighted by molar-refractivity contribution is 0.334. The van der Waals surface area contributed by atoms with Crippen LogP contribution in [0.1, 0.15) is 44.2 Å². The third-order valence-electron chi connectivity index (χ3n) is 4.60. The summed E-state index contributed by atoms with van der Waals surface area (Å²) in [4.78, 5) is 3.48. The minimum atomic E-state index is 0.485. The molecule has 1 aromatic carbocycles. The third kappa shape index (κ3) is 4.17. The van der Waals surface area contributed by atoms with Gasteiger partial charge in [-0.15, -0.1) is 12.6 Å². The highest BCUT2D eigenvalue weighted by Crippen LogP contribution is 2.24. The molecular weight excluding hydrogens is 288 g/mol. The van der Waals surface area contributed by atoms with E-state index in [0.717, 1.165) is 23.6 Å². The van der Waals surface area contributed by atoms with Gasteiger partial charge in [0.1, 0.15) is 0 Å². The van der Waals surface area contributed by atoms with E-state index in [-0.39, 0.29) is 0 Å². The molecule has 22 heavy (non-hydrogen) atoms. The van der Waals surface area contributed by atoms with Gasteiger partial charge < -0.3 is 5.32 Å². The van der Waals surface area contributed by atoms with Crippen LogP contribution in [0.2, 0.25) is 0 Å². The highest BCUT2D eigenvalue weighted by atomic mass is 32.1. The van der Waals surface area contributed by atoms with Crippen molar-refractivity contribution >= 4 is 17.5 Å². The third-order valence-corrected chi connectivity index (χ3v) is 5.24. The monoisotopic (exact) mass is 316 g/mol. The largest absolute Gasteiger partial charge is 0.383 e. The first-order valence-corrected chi connectivity index (χ1v) is 8.58. The normalized spacial score (nSPS) is 19.9. The van der Waals surface area contributed by atoms with E-state index in [1.165, 1.54) is 36.1 Å². The zero-order valence-corrected chi connectivity index (χ0v) is 14.9. The molecule has 1 aliphatic heterocycles. The number of thiol groups is 1. The summed E-state index contributed by atoms with van der Waals surface area (Å²) in [5, 5.41) is 3.49. The Bertz CT molecular complexity index is 545. The van der Waals surface area contributed by atoms with Crippen LogP contribution in [0.3, 0.4) is 0 Å². The van der Waals surface area contributed by atoms with Crippen molar-refractivity contribution in [2.24, 2.45) is 0 Å². The molecule has 3 heteroatoms. The van der Waals surface area contributed by atoms with Gasteiger partial charge in [0.2, 0.25) is 0 Å². The van der Waals surface area contributed by atoms with Crippen LogP contribution in [0, 0.1) is 0 Å². The van der Waals surface area contributed by atoms with Crippen molar-refractivity contribution in [2.75, 3.05) is 13.6 Å². The van der Waals surface area contributed by atoms with Crippen molar-refractivity contribution in [2.45, 2.75) is 45.7 Å². The summed E-state index contributed by atoms with van der Waals surface area (Å²) in [7, 11) is 2.18. The number of likely N-dealkylation sites (N-methyl/N-ethyl adjacent to an activating group) is 1. The first-order chi connectivity index (χ1) is 10.5. The van der Waals surface area contributed by atoms with Gasteiger partial charge in [-0.3, -0.25) is 4.90 Å². The minimum absolute atomic E-state index is 0.485. The lowest BCUT2D eigenvalue weighted by Crippen LogP contribution is -2.32. The van der Waals surface area contributed by atoms with Crippen LogP contribution in [0.25, 0.3) is 4.91 Å². The minimum Gasteiger partial charge on any atom is -0.383 e. The number of rotatable bonds is 6. The zero-order chi connectivity index (χ0) is 16.1. The molecule has 1 N–H and O–H groups in total. The molecule has 2 rings (SSSR count). The second-order valence-electron chi connectivity index (χ2n) is 6.20. The van der Waals surface area contributed by atoms with Crippen LogP contribution in [0.15, 0.2) is 42.1 Å². The molecule has 1 atom stereocenters. The van der Waals surface area contributed by atoms with Crippen LogP contribution in [0.5, 0.6) is 0 Å². The summed E-state index contributed by atoms with van der Waals surface area (Å²) in [6, 6.07) is 9.14. The first kappa shape index (κ1) is 17.2. The molecule has 0 aliphatic carbocycles. The first-order valence-electron chi connectivity index (χ1n) is 8.13. The maximum Gasteiger partial charge on any atom is 0.0486 e. The van der Waals surface area contributed by atoms with Crippen molar-refractivity contribution in [3.8, 4) is 0 Å². The molecule has 0 amide bonds. The molecule has 1 aliphatic rings. The quantitative estimate of drug-likeness (QED) is 0.754. The van der Waals surface area contributed by atoms with Crippen molar-refractivity contribution in [3.63, 3.8) is 0 Å². The number of nitrogens with one attached hydrogen (secondary N) is 1. The van der Waals surface area contributed by atoms with Gasteiger partial charge in [0.15, 0.2) is 0 Å². The molecule has 0 spiro atoms. The Kier molecular flexibility index (Phi) is 6.16. The molecular formula is C19H28N2S. The summed E-state index contributed by atoms with van der Waals surface area (Å²) in [6.45, 7) is 10.5. The smallest absolute Gasteiger partial charge is 0.0486 e. The van der Waals surface area contributed by atoms with Crippen LogP contribution in [-0.2, 0) is 6.54 Å². The topological polar surface area (TPSA) is 15.3 Å². The van der Waals surface area contributed by atoms with E-state index >= 15 is 0 Å². The molecule has 0 radical (unpaired) electrons. The number of hydrogen-bond acceptors (Lipinski definition) is 3. The maximum absolute atomic E-state index is 4.63. The molecule has 0 saturated carbocycles. The average molecular weight is 317 g/mol. The Morgan fingerprint density at radius 1 is 1.36 bits per heavy atom. The summed E-state index contributed by atoms with van der Waals surface area (Å²) in [5.41, 5.74) is 4.94. The van der Waals surface area contributed by atoms with Crippen LogP contribution >= 0.6 is 12.6 Å². The lowest BCUT2D eigenvalue weighted by Gasteiger charge is -2.23. The van der Waals surface area contributed by atoms with Crippen LogP contribution in [0.4, 0.5) is 0 Å². The van der Waals surface area contributed by atoms with Gasteiger partial charge in [0.05, 0.1) is 0 Å². The van der Waals surface area contributed by atoms with Gasteiger partial charge in [-0.25, -0.2) is 0 Å². The summed E-state index contributed by atoms with van der Waals surface area (Å²) < 4.78 is 0. The molecule has 0 bridgehead atoms. The standard InChI is InChI=1S/C19H28N2S/c1-5-14(2)19(22)17-10-8-16(9-11-17)13-20-15(3)18-7-6-12-21(18)4/h8-11,18,20,22H,3,5-7,12-13H2,1-2,4H3/b19-14-. The second kappa shape index (κ2) is 7.89. The predicted octanol–water partition coefficient (Wildman–Crippen LogP) is 4.45. The van der Waals surface area contributed by atoms with Gasteiger partial charge >= 0.3 is 0 Å². The number of nitrogens with zero attached hydrogens (tertiary/aromatic N) is 1. The highest BCUT2D eigenvalue weighted by molar-refractivity contribution is 7.90. The molecule has 1 unspecified atom stereocenters. The molecule has 0 aromatic heterocycles. The maximum atomic E-state index is 4.63. The van der Waals surface area contributed by atoms with Gasteiger partial charge in [0.25, 0.3) is 0 Å². The van der Waals surface area contributed by atoms with E-state index in [0.29, 0.717) is 6.04 Å². The number of benzene rings is 1. The SMILES string of the molecule is C=C(NCc1ccc(/C(S)=C(\C)CC)cc1)C1CCCN1C. The van der Waals surface area contributed by atoms with E-state index in [2.05, 4.69) is 74.6 Å². The fraction of sp³-hybridized carbons (Fsp3) is 0.474. The molecule has 1 saturated heterocycles. The fourth-order valence-corrected chi connectivity index (χ4v) is 3.19. The Balaban J connectivity index is 1.93. The van der Waals surface area contributed by atoms with Crippen molar-refractivity contribution in [1.29, 1.82) is 0 Å². The van der Waals surface area contributed by atoms with Gasteiger partial charge in [-0.05, 0) is 50.9 Å². The summed E-state index contributed by atoms with van der Waals surface area (Å²) in [5.74, 6) is 0. The van der Waals surface area contributed by atoms with Crippen molar-refractivity contribution in [1.82, 2.24) is 10.2 Å². The number of likely N-dealkylation sites (tertiary alicyclic amines) is 1. The van der Waals surface area contributed by atoms with E-state index < -0.39 is 0 Å². The zero-order valence-electron chi connectivity index (χ0n) is 14.0. The Hall–Kier alpha value is -1.19. The summed E-state index contributed by atoms with van der Waals surface area (Å²) in [6.07, 6.45) is 3.52. The summed E-state index contributed by atoms with van der Waals surface area (Å²) >= 11 is 4.63. The van der Waals surface area contributed by atoms with Crippen molar-refractivity contribution < 1.29 is 0 Å². The van der Waals surface area contributed by atoms with Gasteiger partial charge in [0, 0.05) is 23.2 Å². The van der Waals surface area contributed by atoms with Gasteiger partial charge in [-0.2, -0.15) is 0 Å². The number of allylic oxidation sites excluding steroid dienone is 1. The Morgan fingerprint density at radius 2 is 2.05 bits per heavy atom. The fourth-order valence-electron chi connectivity index (χ4n) is 2.88. The van der Waals surface area contributed by atoms with E-state index in [4.69, 9.17) is 0 Å². The van der Waals surface area contributed by atoms with Gasteiger partial charge in [-0.1, -0.05) is 43.3 Å². The second-order valence-corrected chi connectivity index (χ2v) is 6.64. The molecule has 1 fully saturated rings.